The lowest BCUT2D eigenvalue weighted by molar-refractivity contribution is 0.0933. The third-order valence-electron chi connectivity index (χ3n) is 4.21. The molecule has 0 bridgehead atoms. The second kappa shape index (κ2) is 9.50. The zero-order chi connectivity index (χ0) is 19.9. The highest BCUT2D eigenvalue weighted by Crippen LogP contribution is 2.19. The number of hydrogen-bond acceptors (Lipinski definition) is 5. The van der Waals surface area contributed by atoms with Crippen molar-refractivity contribution in [1.82, 2.24) is 15.5 Å². The minimum atomic E-state index is -0.164. The molecule has 0 saturated heterocycles. The molecule has 0 saturated carbocycles. The summed E-state index contributed by atoms with van der Waals surface area (Å²) in [5, 5.41) is 6.84. The number of aromatic nitrogens is 2. The molecule has 0 fully saturated rings. The van der Waals surface area contributed by atoms with Crippen molar-refractivity contribution < 1.29 is 14.1 Å². The lowest BCUT2D eigenvalue weighted by Crippen LogP contribution is -2.33. The number of para-hydroxylation sites is 1. The fourth-order valence-corrected chi connectivity index (χ4v) is 2.99. The number of rotatable bonds is 8. The third kappa shape index (κ3) is 5.66. The fourth-order valence-electron chi connectivity index (χ4n) is 2.73. The van der Waals surface area contributed by atoms with Crippen LogP contribution in [0.15, 0.2) is 57.5 Å². The molecule has 3 aromatic rings. The van der Waals surface area contributed by atoms with Gasteiger partial charge in [0.2, 0.25) is 11.7 Å². The molecular formula is C21H22BrN3O3. The summed E-state index contributed by atoms with van der Waals surface area (Å²) in [6.45, 7) is 3.86. The van der Waals surface area contributed by atoms with Crippen LogP contribution < -0.4 is 10.1 Å². The second-order valence-electron chi connectivity index (χ2n) is 6.55. The van der Waals surface area contributed by atoms with Crippen LogP contribution in [0.2, 0.25) is 0 Å². The summed E-state index contributed by atoms with van der Waals surface area (Å²) in [7, 11) is 0. The molecule has 1 heterocycles. The van der Waals surface area contributed by atoms with E-state index in [2.05, 4.69) is 43.5 Å². The normalized spacial score (nSPS) is 11.8. The summed E-state index contributed by atoms with van der Waals surface area (Å²) in [6.07, 6.45) is 1.74. The highest BCUT2D eigenvalue weighted by molar-refractivity contribution is 9.10. The molecule has 6 nitrogen and oxygen atoms in total. The topological polar surface area (TPSA) is 77.2 Å². The molecule has 3 rings (SSSR count). The van der Waals surface area contributed by atoms with Gasteiger partial charge in [-0.3, -0.25) is 4.79 Å². The number of benzene rings is 2. The summed E-state index contributed by atoms with van der Waals surface area (Å²) in [5.41, 5.74) is 1.72. The average molecular weight is 444 g/mol. The quantitative estimate of drug-likeness (QED) is 0.555. The van der Waals surface area contributed by atoms with Crippen molar-refractivity contribution in [2.75, 3.05) is 0 Å². The molecule has 146 valence electrons. The summed E-state index contributed by atoms with van der Waals surface area (Å²) < 4.78 is 11.7. The van der Waals surface area contributed by atoms with Gasteiger partial charge in [0.05, 0.1) is 5.56 Å². The maximum absolute atomic E-state index is 12.7. The Morgan fingerprint density at radius 1 is 1.21 bits per heavy atom. The summed E-state index contributed by atoms with van der Waals surface area (Å²) in [4.78, 5) is 16.8. The number of aryl methyl sites for hydroxylation is 2. The van der Waals surface area contributed by atoms with E-state index in [1.807, 2.05) is 31.2 Å². The Labute approximate surface area is 172 Å². The first kappa shape index (κ1) is 20.1. The number of carbonyl (C=O) groups is 1. The van der Waals surface area contributed by atoms with E-state index < -0.39 is 0 Å². The van der Waals surface area contributed by atoms with Crippen molar-refractivity contribution in [2.45, 2.75) is 39.3 Å². The Morgan fingerprint density at radius 2 is 1.96 bits per heavy atom. The molecule has 1 amide bonds. The molecular weight excluding hydrogens is 422 g/mol. The molecule has 2 aromatic carbocycles. The van der Waals surface area contributed by atoms with Crippen LogP contribution in [0.5, 0.6) is 5.75 Å². The summed E-state index contributed by atoms with van der Waals surface area (Å²) in [5.74, 6) is 1.24. The summed E-state index contributed by atoms with van der Waals surface area (Å²) >= 11 is 3.44. The van der Waals surface area contributed by atoms with Crippen LogP contribution in [0.4, 0.5) is 0 Å². The molecule has 1 atom stereocenters. The monoisotopic (exact) mass is 443 g/mol. The van der Waals surface area contributed by atoms with E-state index >= 15 is 0 Å². The molecule has 0 spiro atoms. The zero-order valence-electron chi connectivity index (χ0n) is 15.8. The first-order valence-corrected chi connectivity index (χ1v) is 9.87. The maximum atomic E-state index is 12.7. The lowest BCUT2D eigenvalue weighted by Gasteiger charge is -2.16. The zero-order valence-corrected chi connectivity index (χ0v) is 17.4. The van der Waals surface area contributed by atoms with Crippen LogP contribution >= 0.6 is 15.9 Å². The first-order chi connectivity index (χ1) is 13.5. The third-order valence-corrected chi connectivity index (χ3v) is 4.74. The van der Waals surface area contributed by atoms with E-state index in [-0.39, 0.29) is 18.6 Å². The standard InChI is InChI=1S/C21H22BrN3O3/c1-14(7-8-16-9-11-17(22)12-10-16)23-21(26)18-5-3-4-6-19(18)27-13-20-24-15(2)28-25-20/h3-6,9-12,14H,7-8,13H2,1-2H3,(H,23,26). The number of nitrogens with one attached hydrogen (secondary N) is 1. The lowest BCUT2D eigenvalue weighted by atomic mass is 10.1. The van der Waals surface area contributed by atoms with Gasteiger partial charge in [-0.25, -0.2) is 0 Å². The van der Waals surface area contributed by atoms with Gasteiger partial charge in [0.15, 0.2) is 6.61 Å². The summed E-state index contributed by atoms with van der Waals surface area (Å²) in [6, 6.07) is 15.4. The molecule has 0 aliphatic heterocycles. The number of carbonyl (C=O) groups excluding carboxylic acids is 1. The van der Waals surface area contributed by atoms with Crippen molar-refractivity contribution >= 4 is 21.8 Å². The Hall–Kier alpha value is -2.67. The predicted molar refractivity (Wildman–Crippen MR) is 109 cm³/mol. The minimum Gasteiger partial charge on any atom is -0.485 e. The molecule has 28 heavy (non-hydrogen) atoms. The smallest absolute Gasteiger partial charge is 0.255 e. The van der Waals surface area contributed by atoms with Crippen LogP contribution in [0.3, 0.4) is 0 Å². The molecule has 1 unspecified atom stereocenters. The predicted octanol–water partition coefficient (Wildman–Crippen LogP) is 4.47. The van der Waals surface area contributed by atoms with Gasteiger partial charge < -0.3 is 14.6 Å². The van der Waals surface area contributed by atoms with Crippen molar-refractivity contribution in [1.29, 1.82) is 0 Å². The SMILES string of the molecule is Cc1nc(COc2ccccc2C(=O)NC(C)CCc2ccc(Br)cc2)no1. The molecule has 1 N–H and O–H groups in total. The Bertz CT molecular complexity index is 925. The van der Waals surface area contributed by atoms with Gasteiger partial charge in [0, 0.05) is 17.4 Å². The number of nitrogens with zero attached hydrogens (tertiary/aromatic N) is 2. The van der Waals surface area contributed by atoms with Gasteiger partial charge in [0.25, 0.3) is 5.91 Å². The Morgan fingerprint density at radius 3 is 2.68 bits per heavy atom. The Kier molecular flexibility index (Phi) is 6.81. The Balaban J connectivity index is 1.56. The number of hydrogen-bond donors (Lipinski definition) is 1. The van der Waals surface area contributed by atoms with Gasteiger partial charge in [0.1, 0.15) is 5.75 Å². The maximum Gasteiger partial charge on any atom is 0.255 e. The highest BCUT2D eigenvalue weighted by atomic mass is 79.9. The largest absolute Gasteiger partial charge is 0.485 e. The van der Waals surface area contributed by atoms with Gasteiger partial charge in [-0.1, -0.05) is 45.4 Å². The van der Waals surface area contributed by atoms with Crippen LogP contribution in [0, 0.1) is 6.92 Å². The van der Waals surface area contributed by atoms with Crippen molar-refractivity contribution in [3.05, 3.63) is 75.8 Å². The van der Waals surface area contributed by atoms with E-state index in [0.29, 0.717) is 23.0 Å². The van der Waals surface area contributed by atoms with Gasteiger partial charge in [-0.2, -0.15) is 4.98 Å². The fraction of sp³-hybridized carbons (Fsp3) is 0.286. The average Bonchev–Trinajstić information content (AvgIpc) is 3.11. The second-order valence-corrected chi connectivity index (χ2v) is 7.47. The van der Waals surface area contributed by atoms with Crippen LogP contribution in [-0.4, -0.2) is 22.1 Å². The van der Waals surface area contributed by atoms with Crippen LogP contribution in [-0.2, 0) is 13.0 Å². The molecule has 1 aromatic heterocycles. The first-order valence-electron chi connectivity index (χ1n) is 9.07. The van der Waals surface area contributed by atoms with Crippen LogP contribution in [0.1, 0.15) is 41.0 Å². The number of halogens is 1. The highest BCUT2D eigenvalue weighted by Gasteiger charge is 2.15. The number of ether oxygens (including phenoxy) is 1. The van der Waals surface area contributed by atoms with Crippen LogP contribution in [0.25, 0.3) is 0 Å². The van der Waals surface area contributed by atoms with Gasteiger partial charge >= 0.3 is 0 Å². The molecule has 7 heteroatoms. The van der Waals surface area contributed by atoms with Gasteiger partial charge in [-0.15, -0.1) is 0 Å². The van der Waals surface area contributed by atoms with E-state index in [4.69, 9.17) is 9.26 Å². The molecule has 0 aliphatic carbocycles. The molecule has 0 radical (unpaired) electrons. The van der Waals surface area contributed by atoms with E-state index in [0.717, 1.165) is 17.3 Å². The minimum absolute atomic E-state index is 0.0315. The van der Waals surface area contributed by atoms with E-state index in [1.54, 1.807) is 19.1 Å². The van der Waals surface area contributed by atoms with E-state index in [1.165, 1.54) is 5.56 Å². The van der Waals surface area contributed by atoms with Crippen molar-refractivity contribution in [3.8, 4) is 5.75 Å². The molecule has 0 aliphatic rings. The van der Waals surface area contributed by atoms with Gasteiger partial charge in [-0.05, 0) is 49.6 Å². The van der Waals surface area contributed by atoms with Crippen molar-refractivity contribution in [3.63, 3.8) is 0 Å². The number of amides is 1. The van der Waals surface area contributed by atoms with Crippen molar-refractivity contribution in [2.24, 2.45) is 0 Å². The van der Waals surface area contributed by atoms with E-state index in [9.17, 15) is 4.79 Å².